The first kappa shape index (κ1) is 11.8. The van der Waals surface area contributed by atoms with E-state index in [0.717, 1.165) is 26.1 Å². The third-order valence-corrected chi connectivity index (χ3v) is 3.64. The first-order valence-electron chi connectivity index (χ1n) is 4.49. The van der Waals surface area contributed by atoms with E-state index in [9.17, 15) is 0 Å². The van der Waals surface area contributed by atoms with Crippen molar-refractivity contribution in [2.45, 2.75) is 13.0 Å². The van der Waals surface area contributed by atoms with Crippen molar-refractivity contribution in [3.05, 3.63) is 33.6 Å². The molecule has 0 radical (unpaired) electrons. The number of thiophene rings is 1. The van der Waals surface area contributed by atoms with Crippen LogP contribution in [-0.2, 0) is 11.3 Å². The zero-order valence-electron chi connectivity index (χ0n) is 7.96. The van der Waals surface area contributed by atoms with E-state index in [1.54, 1.807) is 11.3 Å². The van der Waals surface area contributed by atoms with Crippen molar-refractivity contribution in [1.29, 1.82) is 0 Å². The van der Waals surface area contributed by atoms with Gasteiger partial charge >= 0.3 is 0 Å². The predicted molar refractivity (Wildman–Crippen MR) is 64.5 cm³/mol. The zero-order valence-corrected chi connectivity index (χ0v) is 10.4. The Morgan fingerprint density at radius 1 is 1.64 bits per heavy atom. The highest BCUT2D eigenvalue weighted by molar-refractivity contribution is 9.10. The quantitative estimate of drug-likeness (QED) is 0.610. The van der Waals surface area contributed by atoms with E-state index < -0.39 is 0 Å². The largest absolute Gasteiger partial charge is 0.502 e. The van der Waals surface area contributed by atoms with Gasteiger partial charge in [0.15, 0.2) is 0 Å². The van der Waals surface area contributed by atoms with Gasteiger partial charge in [-0.15, -0.1) is 11.3 Å². The molecule has 0 spiro atoms. The normalized spacial score (nSPS) is 10.1. The van der Waals surface area contributed by atoms with Crippen LogP contribution in [0.5, 0.6) is 0 Å². The first-order valence-corrected chi connectivity index (χ1v) is 6.17. The number of rotatable bonds is 7. The van der Waals surface area contributed by atoms with E-state index in [1.807, 2.05) is 0 Å². The molecule has 78 valence electrons. The van der Waals surface area contributed by atoms with Crippen LogP contribution in [0, 0.1) is 0 Å². The molecule has 0 aliphatic rings. The summed E-state index contributed by atoms with van der Waals surface area (Å²) < 4.78 is 6.20. The molecule has 14 heavy (non-hydrogen) atoms. The van der Waals surface area contributed by atoms with E-state index in [-0.39, 0.29) is 0 Å². The number of hydrogen-bond donors (Lipinski definition) is 1. The van der Waals surface area contributed by atoms with Crippen LogP contribution in [0.25, 0.3) is 0 Å². The summed E-state index contributed by atoms with van der Waals surface area (Å²) in [5.41, 5.74) is 0. The third kappa shape index (κ3) is 4.26. The van der Waals surface area contributed by atoms with Gasteiger partial charge in [-0.25, -0.2) is 0 Å². The average Bonchev–Trinajstić information content (AvgIpc) is 2.58. The highest BCUT2D eigenvalue weighted by atomic mass is 79.9. The number of hydrogen-bond acceptors (Lipinski definition) is 3. The lowest BCUT2D eigenvalue weighted by molar-refractivity contribution is 0.244. The SMILES string of the molecule is C=COCCCNCc1sccc1Br. The maximum absolute atomic E-state index is 5.01. The summed E-state index contributed by atoms with van der Waals surface area (Å²) >= 11 is 5.25. The summed E-state index contributed by atoms with van der Waals surface area (Å²) in [5, 5.41) is 5.44. The molecule has 4 heteroatoms. The fraction of sp³-hybridized carbons (Fsp3) is 0.400. The van der Waals surface area contributed by atoms with Crippen molar-refractivity contribution in [2.24, 2.45) is 0 Å². The third-order valence-electron chi connectivity index (χ3n) is 1.71. The van der Waals surface area contributed by atoms with Crippen molar-refractivity contribution < 1.29 is 4.74 Å². The second-order valence-electron chi connectivity index (χ2n) is 2.76. The zero-order chi connectivity index (χ0) is 10.2. The molecule has 1 aromatic rings. The Kier molecular flexibility index (Phi) is 5.91. The van der Waals surface area contributed by atoms with Gasteiger partial charge in [-0.1, -0.05) is 6.58 Å². The number of halogens is 1. The van der Waals surface area contributed by atoms with Crippen LogP contribution >= 0.6 is 27.3 Å². The van der Waals surface area contributed by atoms with Gasteiger partial charge in [0, 0.05) is 15.9 Å². The summed E-state index contributed by atoms with van der Waals surface area (Å²) in [6.45, 7) is 6.12. The maximum Gasteiger partial charge on any atom is 0.0885 e. The summed E-state index contributed by atoms with van der Waals surface area (Å²) in [6, 6.07) is 2.07. The summed E-state index contributed by atoms with van der Waals surface area (Å²) in [4.78, 5) is 1.34. The molecule has 0 amide bonds. The Morgan fingerprint density at radius 2 is 2.50 bits per heavy atom. The van der Waals surface area contributed by atoms with E-state index in [1.165, 1.54) is 15.6 Å². The van der Waals surface area contributed by atoms with Crippen LogP contribution < -0.4 is 5.32 Å². The summed E-state index contributed by atoms with van der Waals surface area (Å²) in [6.07, 6.45) is 2.49. The molecule has 1 N–H and O–H groups in total. The average molecular weight is 276 g/mol. The summed E-state index contributed by atoms with van der Waals surface area (Å²) in [7, 11) is 0. The minimum Gasteiger partial charge on any atom is -0.502 e. The smallest absolute Gasteiger partial charge is 0.0885 e. The topological polar surface area (TPSA) is 21.3 Å². The highest BCUT2D eigenvalue weighted by Crippen LogP contribution is 2.21. The summed E-state index contributed by atoms with van der Waals surface area (Å²) in [5.74, 6) is 0. The van der Waals surface area contributed by atoms with Crippen molar-refractivity contribution in [3.63, 3.8) is 0 Å². The second-order valence-corrected chi connectivity index (χ2v) is 4.61. The van der Waals surface area contributed by atoms with Gasteiger partial charge in [-0.2, -0.15) is 0 Å². The monoisotopic (exact) mass is 275 g/mol. The Balaban J connectivity index is 2.04. The molecule has 1 heterocycles. The molecule has 0 fully saturated rings. The Bertz CT molecular complexity index is 275. The standard InChI is InChI=1S/C10H14BrNOS/c1-2-13-6-3-5-12-8-10-9(11)4-7-14-10/h2,4,7,12H,1,3,5-6,8H2. The van der Waals surface area contributed by atoms with E-state index in [0.29, 0.717) is 0 Å². The van der Waals surface area contributed by atoms with Crippen LogP contribution in [-0.4, -0.2) is 13.2 Å². The van der Waals surface area contributed by atoms with Gasteiger partial charge in [-0.05, 0) is 40.3 Å². The van der Waals surface area contributed by atoms with Gasteiger partial charge in [0.2, 0.25) is 0 Å². The minimum absolute atomic E-state index is 0.738. The lowest BCUT2D eigenvalue weighted by Crippen LogP contribution is -2.15. The molecule has 0 unspecified atom stereocenters. The number of nitrogens with one attached hydrogen (secondary N) is 1. The maximum atomic E-state index is 5.01. The van der Waals surface area contributed by atoms with Gasteiger partial charge in [0.05, 0.1) is 12.9 Å². The van der Waals surface area contributed by atoms with Crippen molar-refractivity contribution in [3.8, 4) is 0 Å². The molecular formula is C10H14BrNOS. The van der Waals surface area contributed by atoms with Crippen LogP contribution in [0.1, 0.15) is 11.3 Å². The Labute approximate surface area is 97.1 Å². The second kappa shape index (κ2) is 7.04. The predicted octanol–water partition coefficient (Wildman–Crippen LogP) is 3.15. The van der Waals surface area contributed by atoms with Gasteiger partial charge in [-0.3, -0.25) is 0 Å². The molecule has 2 nitrogen and oxygen atoms in total. The fourth-order valence-corrected chi connectivity index (χ4v) is 2.48. The van der Waals surface area contributed by atoms with Gasteiger partial charge in [0.25, 0.3) is 0 Å². The van der Waals surface area contributed by atoms with Gasteiger partial charge < -0.3 is 10.1 Å². The Hall–Kier alpha value is -0.320. The van der Waals surface area contributed by atoms with Gasteiger partial charge in [0.1, 0.15) is 0 Å². The molecular weight excluding hydrogens is 262 g/mol. The van der Waals surface area contributed by atoms with E-state index in [2.05, 4.69) is 39.3 Å². The molecule has 0 saturated carbocycles. The molecule has 0 aliphatic carbocycles. The lowest BCUT2D eigenvalue weighted by atomic mass is 10.4. The molecule has 0 saturated heterocycles. The molecule has 1 aromatic heterocycles. The minimum atomic E-state index is 0.738. The van der Waals surface area contributed by atoms with Crippen LogP contribution in [0.15, 0.2) is 28.8 Å². The Morgan fingerprint density at radius 3 is 3.14 bits per heavy atom. The number of ether oxygens (including phenoxy) is 1. The highest BCUT2D eigenvalue weighted by Gasteiger charge is 1.99. The van der Waals surface area contributed by atoms with Crippen molar-refractivity contribution in [2.75, 3.05) is 13.2 Å². The van der Waals surface area contributed by atoms with Crippen LogP contribution in [0.3, 0.4) is 0 Å². The molecule has 0 aromatic carbocycles. The van der Waals surface area contributed by atoms with Crippen molar-refractivity contribution in [1.82, 2.24) is 5.32 Å². The van der Waals surface area contributed by atoms with E-state index in [4.69, 9.17) is 4.74 Å². The molecule has 0 aliphatic heterocycles. The lowest BCUT2D eigenvalue weighted by Gasteiger charge is -2.03. The van der Waals surface area contributed by atoms with Crippen LogP contribution in [0.2, 0.25) is 0 Å². The van der Waals surface area contributed by atoms with E-state index >= 15 is 0 Å². The molecule has 0 bridgehead atoms. The fourth-order valence-electron chi connectivity index (χ4n) is 1.02. The van der Waals surface area contributed by atoms with Crippen molar-refractivity contribution >= 4 is 27.3 Å². The molecule has 1 rings (SSSR count). The molecule has 0 atom stereocenters. The first-order chi connectivity index (χ1) is 6.84. The van der Waals surface area contributed by atoms with Crippen LogP contribution in [0.4, 0.5) is 0 Å².